The van der Waals surface area contributed by atoms with E-state index in [1.165, 1.54) is 11.1 Å². The van der Waals surface area contributed by atoms with Crippen LogP contribution in [0.1, 0.15) is 33.1 Å². The van der Waals surface area contributed by atoms with Crippen LogP contribution in [0.2, 0.25) is 0 Å². The van der Waals surface area contributed by atoms with E-state index in [-0.39, 0.29) is 0 Å². The molecule has 0 unspecified atom stereocenters. The predicted octanol–water partition coefficient (Wildman–Crippen LogP) is 1.76. The molecule has 0 atom stereocenters. The van der Waals surface area contributed by atoms with Gasteiger partial charge in [-0.2, -0.15) is 0 Å². The quantitative estimate of drug-likeness (QED) is 0.572. The van der Waals surface area contributed by atoms with Crippen LogP contribution in [0.5, 0.6) is 0 Å². The van der Waals surface area contributed by atoms with Crippen LogP contribution in [0.25, 0.3) is 0 Å². The lowest BCUT2D eigenvalue weighted by atomic mass is 10.0. The molecule has 0 radical (unpaired) electrons. The normalized spacial score (nSPS) is 24.4. The fraction of sp³-hybridized carbons (Fsp3) is 0.727. The molecule has 2 nitrogen and oxygen atoms in total. The first-order valence-electron chi connectivity index (χ1n) is 5.12. The molecule has 1 aliphatic carbocycles. The highest BCUT2D eigenvalue weighted by atomic mass is 16.1. The van der Waals surface area contributed by atoms with Crippen LogP contribution in [-0.4, -0.2) is 29.8 Å². The first-order valence-corrected chi connectivity index (χ1v) is 5.12. The summed E-state index contributed by atoms with van der Waals surface area (Å²) < 4.78 is 0. The Morgan fingerprint density at radius 3 is 2.62 bits per heavy atom. The van der Waals surface area contributed by atoms with Crippen molar-refractivity contribution in [3.8, 4) is 0 Å². The second-order valence-electron chi connectivity index (χ2n) is 4.41. The molecule has 2 heteroatoms. The van der Waals surface area contributed by atoms with Crippen molar-refractivity contribution < 1.29 is 4.79 Å². The van der Waals surface area contributed by atoms with Crippen molar-refractivity contribution in [2.45, 2.75) is 39.2 Å². The maximum Gasteiger partial charge on any atom is 0.141 e. The average Bonchev–Trinajstić information content (AvgIpc) is 2.42. The van der Waals surface area contributed by atoms with E-state index in [2.05, 4.69) is 18.7 Å². The number of carbonyl (C=O) groups excluding carboxylic acids is 1. The third-order valence-corrected chi connectivity index (χ3v) is 3.15. The van der Waals surface area contributed by atoms with Crippen molar-refractivity contribution in [1.29, 1.82) is 0 Å². The average molecular weight is 179 g/mol. The first-order chi connectivity index (χ1) is 6.16. The van der Waals surface area contributed by atoms with E-state index in [0.29, 0.717) is 11.8 Å². The zero-order valence-corrected chi connectivity index (χ0v) is 8.47. The van der Waals surface area contributed by atoms with E-state index in [0.717, 1.165) is 32.4 Å². The Labute approximate surface area is 79.6 Å². The van der Waals surface area contributed by atoms with Crippen LogP contribution >= 0.6 is 0 Å². The van der Waals surface area contributed by atoms with Crippen molar-refractivity contribution in [2.75, 3.05) is 13.1 Å². The van der Waals surface area contributed by atoms with Gasteiger partial charge in [-0.1, -0.05) is 5.57 Å². The van der Waals surface area contributed by atoms with Crippen LogP contribution in [0.3, 0.4) is 0 Å². The summed E-state index contributed by atoms with van der Waals surface area (Å²) in [5.74, 6) is 0.426. The van der Waals surface area contributed by atoms with E-state index in [9.17, 15) is 4.79 Å². The van der Waals surface area contributed by atoms with Gasteiger partial charge in [-0.3, -0.25) is 9.69 Å². The molecule has 0 N–H and O–H groups in total. The molecule has 0 saturated carbocycles. The van der Waals surface area contributed by atoms with Crippen LogP contribution < -0.4 is 0 Å². The lowest BCUT2D eigenvalue weighted by Gasteiger charge is -2.31. The summed E-state index contributed by atoms with van der Waals surface area (Å²) in [5.41, 5.74) is 2.87. The first kappa shape index (κ1) is 8.95. The summed E-state index contributed by atoms with van der Waals surface area (Å²) in [5, 5.41) is 0. The molecular formula is C11H17NO. The monoisotopic (exact) mass is 179 g/mol. The molecule has 0 aromatic carbocycles. The van der Waals surface area contributed by atoms with Gasteiger partial charge in [-0.15, -0.1) is 0 Å². The predicted molar refractivity (Wildman–Crippen MR) is 52.6 cm³/mol. The highest BCUT2D eigenvalue weighted by Gasteiger charge is 2.27. The minimum absolute atomic E-state index is 0.426. The van der Waals surface area contributed by atoms with Gasteiger partial charge in [0.25, 0.3) is 0 Å². The van der Waals surface area contributed by atoms with Crippen LogP contribution in [0.4, 0.5) is 0 Å². The lowest BCUT2D eigenvalue weighted by Crippen LogP contribution is -2.36. The maximum absolute atomic E-state index is 11.2. The van der Waals surface area contributed by atoms with Crippen molar-refractivity contribution in [3.63, 3.8) is 0 Å². The van der Waals surface area contributed by atoms with Crippen molar-refractivity contribution in [3.05, 3.63) is 11.1 Å². The Hall–Kier alpha value is -0.630. The van der Waals surface area contributed by atoms with E-state index in [4.69, 9.17) is 0 Å². The molecule has 2 rings (SSSR count). The smallest absolute Gasteiger partial charge is 0.141 e. The molecule has 0 aromatic rings. The number of hydrogen-bond donors (Lipinski definition) is 0. The number of ketones is 1. The molecule has 0 aromatic heterocycles. The number of rotatable bonds is 1. The molecule has 0 bridgehead atoms. The number of carbonyl (C=O) groups is 1. The van der Waals surface area contributed by atoms with Gasteiger partial charge in [0.15, 0.2) is 0 Å². The molecule has 0 saturated heterocycles. The third kappa shape index (κ3) is 1.68. The maximum atomic E-state index is 11.2. The van der Waals surface area contributed by atoms with Gasteiger partial charge in [0.1, 0.15) is 5.78 Å². The fourth-order valence-corrected chi connectivity index (χ4v) is 2.26. The van der Waals surface area contributed by atoms with Gasteiger partial charge >= 0.3 is 0 Å². The summed E-state index contributed by atoms with van der Waals surface area (Å²) in [6.45, 7) is 6.63. The van der Waals surface area contributed by atoms with Crippen molar-refractivity contribution in [2.24, 2.45) is 0 Å². The molecular weight excluding hydrogens is 162 g/mol. The Kier molecular flexibility index (Phi) is 2.24. The largest absolute Gasteiger partial charge is 0.299 e. The highest BCUT2D eigenvalue weighted by molar-refractivity contribution is 5.87. The molecule has 0 spiro atoms. The lowest BCUT2D eigenvalue weighted by molar-refractivity contribution is -0.117. The van der Waals surface area contributed by atoms with E-state index >= 15 is 0 Å². The molecule has 1 heterocycles. The van der Waals surface area contributed by atoms with Crippen LogP contribution in [0, 0.1) is 0 Å². The van der Waals surface area contributed by atoms with Gasteiger partial charge in [0.05, 0.1) is 0 Å². The minimum atomic E-state index is 0.426. The topological polar surface area (TPSA) is 20.3 Å². The Balaban J connectivity index is 2.07. The SMILES string of the molecule is CC(C)N1CCC2=C(CC(=O)C2)C1. The minimum Gasteiger partial charge on any atom is -0.299 e. The van der Waals surface area contributed by atoms with Gasteiger partial charge < -0.3 is 0 Å². The molecule has 0 fully saturated rings. The van der Waals surface area contributed by atoms with Crippen LogP contribution in [0.15, 0.2) is 11.1 Å². The van der Waals surface area contributed by atoms with Crippen molar-refractivity contribution in [1.82, 2.24) is 4.90 Å². The summed E-state index contributed by atoms with van der Waals surface area (Å²) in [6, 6.07) is 0.616. The number of Topliss-reactive ketones (excluding diaryl/α,β-unsaturated/α-hetero) is 1. The van der Waals surface area contributed by atoms with Gasteiger partial charge in [0, 0.05) is 32.0 Å². The Morgan fingerprint density at radius 1 is 1.23 bits per heavy atom. The summed E-state index contributed by atoms with van der Waals surface area (Å²) in [6.07, 6.45) is 2.61. The molecule has 2 aliphatic rings. The molecule has 0 amide bonds. The molecule has 72 valence electrons. The summed E-state index contributed by atoms with van der Waals surface area (Å²) in [4.78, 5) is 13.7. The van der Waals surface area contributed by atoms with Gasteiger partial charge in [-0.25, -0.2) is 0 Å². The molecule has 13 heavy (non-hydrogen) atoms. The summed E-state index contributed by atoms with van der Waals surface area (Å²) >= 11 is 0. The number of nitrogens with zero attached hydrogens (tertiary/aromatic N) is 1. The van der Waals surface area contributed by atoms with Gasteiger partial charge in [0.2, 0.25) is 0 Å². The fourth-order valence-electron chi connectivity index (χ4n) is 2.26. The molecule has 1 aliphatic heterocycles. The van der Waals surface area contributed by atoms with Gasteiger partial charge in [-0.05, 0) is 25.8 Å². The second-order valence-corrected chi connectivity index (χ2v) is 4.41. The van der Waals surface area contributed by atoms with E-state index in [1.54, 1.807) is 0 Å². The second kappa shape index (κ2) is 3.26. The zero-order valence-electron chi connectivity index (χ0n) is 8.47. The van der Waals surface area contributed by atoms with Crippen LogP contribution in [-0.2, 0) is 4.79 Å². The summed E-state index contributed by atoms with van der Waals surface area (Å²) in [7, 11) is 0. The zero-order chi connectivity index (χ0) is 9.42. The van der Waals surface area contributed by atoms with Crippen molar-refractivity contribution >= 4 is 5.78 Å². The van der Waals surface area contributed by atoms with E-state index in [1.807, 2.05) is 0 Å². The standard InChI is InChI=1S/C11H17NO/c1-8(2)12-4-3-9-5-11(13)6-10(9)7-12/h8H,3-7H2,1-2H3. The third-order valence-electron chi connectivity index (χ3n) is 3.15. The Bertz CT molecular complexity index is 265. The Morgan fingerprint density at radius 2 is 1.92 bits per heavy atom. The number of hydrogen-bond acceptors (Lipinski definition) is 2. The highest BCUT2D eigenvalue weighted by Crippen LogP contribution is 2.30. The van der Waals surface area contributed by atoms with E-state index < -0.39 is 0 Å².